The zero-order valence-electron chi connectivity index (χ0n) is 7.94. The maximum atomic E-state index is 6.05. The van der Waals surface area contributed by atoms with Crippen LogP contribution in [0.3, 0.4) is 0 Å². The molecule has 1 saturated heterocycles. The quantitative estimate of drug-likeness (QED) is 0.711. The SMILES string of the molecule is [CH2]C1OC(C)OC1c1ccccc1Cl. The van der Waals surface area contributed by atoms with Gasteiger partial charge in [-0.1, -0.05) is 29.8 Å². The molecule has 1 aromatic carbocycles. The average Bonchev–Trinajstić information content (AvgIpc) is 2.46. The van der Waals surface area contributed by atoms with Crippen LogP contribution >= 0.6 is 11.6 Å². The van der Waals surface area contributed by atoms with E-state index in [0.717, 1.165) is 5.56 Å². The third-order valence-electron chi connectivity index (χ3n) is 2.25. The third-order valence-corrected chi connectivity index (χ3v) is 2.60. The first-order valence-corrected chi connectivity index (χ1v) is 4.94. The van der Waals surface area contributed by atoms with Crippen LogP contribution in [0.2, 0.25) is 5.02 Å². The monoisotopic (exact) mass is 211 g/mol. The van der Waals surface area contributed by atoms with Gasteiger partial charge >= 0.3 is 0 Å². The fourth-order valence-electron chi connectivity index (χ4n) is 1.62. The van der Waals surface area contributed by atoms with Gasteiger partial charge in [-0.3, -0.25) is 0 Å². The van der Waals surface area contributed by atoms with Crippen LogP contribution in [0.1, 0.15) is 18.6 Å². The van der Waals surface area contributed by atoms with Gasteiger partial charge in [0.25, 0.3) is 0 Å². The lowest BCUT2D eigenvalue weighted by molar-refractivity contribution is -0.0474. The van der Waals surface area contributed by atoms with Crippen molar-refractivity contribution in [3.05, 3.63) is 41.8 Å². The van der Waals surface area contributed by atoms with Crippen molar-refractivity contribution in [3.63, 3.8) is 0 Å². The molecule has 75 valence electrons. The van der Waals surface area contributed by atoms with Gasteiger partial charge in [0.1, 0.15) is 6.10 Å². The minimum atomic E-state index is -0.209. The fraction of sp³-hybridized carbons (Fsp3) is 0.364. The summed E-state index contributed by atoms with van der Waals surface area (Å²) in [5, 5.41) is 0.698. The molecule has 1 aliphatic heterocycles. The Kier molecular flexibility index (Phi) is 2.77. The van der Waals surface area contributed by atoms with E-state index in [0.29, 0.717) is 5.02 Å². The molecule has 3 heteroatoms. The Labute approximate surface area is 88.8 Å². The third kappa shape index (κ3) is 1.78. The maximum absolute atomic E-state index is 6.05. The predicted octanol–water partition coefficient (Wildman–Crippen LogP) is 2.98. The molecule has 2 rings (SSSR count). The van der Waals surface area contributed by atoms with Gasteiger partial charge in [0, 0.05) is 10.6 Å². The first-order valence-electron chi connectivity index (χ1n) is 4.57. The molecule has 1 radical (unpaired) electrons. The normalized spacial score (nSPS) is 32.1. The van der Waals surface area contributed by atoms with Crippen molar-refractivity contribution in [2.24, 2.45) is 0 Å². The van der Waals surface area contributed by atoms with Gasteiger partial charge in [-0.2, -0.15) is 0 Å². The zero-order chi connectivity index (χ0) is 10.1. The smallest absolute Gasteiger partial charge is 0.156 e. The topological polar surface area (TPSA) is 18.5 Å². The summed E-state index contributed by atoms with van der Waals surface area (Å²) in [6.45, 7) is 5.74. The molecule has 0 bridgehead atoms. The molecule has 0 saturated carbocycles. The number of ether oxygens (including phenoxy) is 2. The van der Waals surface area contributed by atoms with Gasteiger partial charge in [0.05, 0.1) is 6.10 Å². The van der Waals surface area contributed by atoms with Crippen molar-refractivity contribution >= 4 is 11.6 Å². The fourth-order valence-corrected chi connectivity index (χ4v) is 1.87. The van der Waals surface area contributed by atoms with Crippen LogP contribution in [0.4, 0.5) is 0 Å². The summed E-state index contributed by atoms with van der Waals surface area (Å²) in [6, 6.07) is 7.60. The van der Waals surface area contributed by atoms with Crippen molar-refractivity contribution in [3.8, 4) is 0 Å². The lowest BCUT2D eigenvalue weighted by Crippen LogP contribution is -2.10. The Balaban J connectivity index is 2.27. The molecule has 2 nitrogen and oxygen atoms in total. The number of rotatable bonds is 1. The molecule has 1 fully saturated rings. The van der Waals surface area contributed by atoms with Crippen molar-refractivity contribution in [1.82, 2.24) is 0 Å². The highest BCUT2D eigenvalue weighted by molar-refractivity contribution is 6.31. The summed E-state index contributed by atoms with van der Waals surface area (Å²) in [5.41, 5.74) is 0.943. The number of benzene rings is 1. The molecule has 0 amide bonds. The van der Waals surface area contributed by atoms with Crippen LogP contribution in [-0.4, -0.2) is 12.4 Å². The van der Waals surface area contributed by atoms with E-state index in [1.54, 1.807) is 0 Å². The van der Waals surface area contributed by atoms with Gasteiger partial charge in [-0.05, 0) is 19.9 Å². The van der Waals surface area contributed by atoms with E-state index < -0.39 is 0 Å². The molecule has 3 atom stereocenters. The Bertz CT molecular complexity index is 327. The van der Waals surface area contributed by atoms with E-state index in [-0.39, 0.29) is 18.5 Å². The Morgan fingerprint density at radius 1 is 1.29 bits per heavy atom. The standard InChI is InChI=1S/C11H12ClO2/c1-7-11(14-8(2)13-7)9-5-3-4-6-10(9)12/h3-8,11H,1H2,2H3. The van der Waals surface area contributed by atoms with Crippen molar-refractivity contribution in [1.29, 1.82) is 0 Å². The van der Waals surface area contributed by atoms with E-state index in [2.05, 4.69) is 6.92 Å². The van der Waals surface area contributed by atoms with E-state index in [1.807, 2.05) is 31.2 Å². The summed E-state index contributed by atoms with van der Waals surface area (Å²) in [4.78, 5) is 0. The Morgan fingerprint density at radius 2 is 2.00 bits per heavy atom. The first-order chi connectivity index (χ1) is 6.68. The molecule has 1 aromatic rings. The van der Waals surface area contributed by atoms with Gasteiger partial charge in [-0.15, -0.1) is 0 Å². The van der Waals surface area contributed by atoms with Gasteiger partial charge in [0.15, 0.2) is 6.29 Å². The molecule has 3 unspecified atom stereocenters. The largest absolute Gasteiger partial charge is 0.347 e. The molecule has 14 heavy (non-hydrogen) atoms. The van der Waals surface area contributed by atoms with Gasteiger partial charge < -0.3 is 9.47 Å². The van der Waals surface area contributed by atoms with Crippen LogP contribution in [0.15, 0.2) is 24.3 Å². The highest BCUT2D eigenvalue weighted by atomic mass is 35.5. The molecular weight excluding hydrogens is 200 g/mol. The molecule has 0 aromatic heterocycles. The van der Waals surface area contributed by atoms with Crippen LogP contribution in [-0.2, 0) is 9.47 Å². The van der Waals surface area contributed by atoms with Gasteiger partial charge in [-0.25, -0.2) is 0 Å². The number of halogens is 1. The van der Waals surface area contributed by atoms with E-state index in [4.69, 9.17) is 21.1 Å². The maximum Gasteiger partial charge on any atom is 0.156 e. The summed E-state index contributed by atoms with van der Waals surface area (Å²) in [7, 11) is 0. The second-order valence-electron chi connectivity index (χ2n) is 3.32. The van der Waals surface area contributed by atoms with Crippen molar-refractivity contribution in [2.45, 2.75) is 25.4 Å². The Morgan fingerprint density at radius 3 is 2.57 bits per heavy atom. The Hall–Kier alpha value is -0.570. The van der Waals surface area contributed by atoms with Crippen LogP contribution in [0.25, 0.3) is 0 Å². The number of hydrogen-bond acceptors (Lipinski definition) is 2. The highest BCUT2D eigenvalue weighted by Crippen LogP contribution is 2.35. The molecule has 1 aliphatic rings. The second kappa shape index (κ2) is 3.89. The predicted molar refractivity (Wildman–Crippen MR) is 55.0 cm³/mol. The molecule has 0 spiro atoms. The summed E-state index contributed by atoms with van der Waals surface area (Å²) >= 11 is 6.05. The average molecular weight is 212 g/mol. The van der Waals surface area contributed by atoms with Crippen LogP contribution in [0.5, 0.6) is 0 Å². The van der Waals surface area contributed by atoms with E-state index in [1.165, 1.54) is 0 Å². The lowest BCUT2D eigenvalue weighted by atomic mass is 10.1. The minimum absolute atomic E-state index is 0.154. The molecule has 0 aliphatic carbocycles. The highest BCUT2D eigenvalue weighted by Gasteiger charge is 2.32. The molecule has 0 N–H and O–H groups in total. The summed E-state index contributed by atoms with van der Waals surface area (Å²) in [6.07, 6.45) is -0.553. The van der Waals surface area contributed by atoms with Crippen LogP contribution < -0.4 is 0 Å². The summed E-state index contributed by atoms with van der Waals surface area (Å²) < 4.78 is 11.0. The second-order valence-corrected chi connectivity index (χ2v) is 3.73. The van der Waals surface area contributed by atoms with Crippen molar-refractivity contribution in [2.75, 3.05) is 0 Å². The van der Waals surface area contributed by atoms with Gasteiger partial charge in [0.2, 0.25) is 0 Å². The first kappa shape index (κ1) is 9.97. The van der Waals surface area contributed by atoms with Crippen molar-refractivity contribution < 1.29 is 9.47 Å². The van der Waals surface area contributed by atoms with E-state index >= 15 is 0 Å². The lowest BCUT2D eigenvalue weighted by Gasteiger charge is -2.14. The summed E-state index contributed by atoms with van der Waals surface area (Å²) in [5.74, 6) is 0. The molecular formula is C11H12ClO2. The minimum Gasteiger partial charge on any atom is -0.347 e. The zero-order valence-corrected chi connectivity index (χ0v) is 8.70. The van der Waals surface area contributed by atoms with Crippen LogP contribution in [0, 0.1) is 6.92 Å². The molecule has 1 heterocycles. The van der Waals surface area contributed by atoms with E-state index in [9.17, 15) is 0 Å². The number of hydrogen-bond donors (Lipinski definition) is 0.